The Balaban J connectivity index is 4.56. The van der Waals surface area contributed by atoms with Crippen molar-refractivity contribution in [3.8, 4) is 0 Å². The second kappa shape index (κ2) is 2.86. The fourth-order valence-electron chi connectivity index (χ4n) is 0.113. The van der Waals surface area contributed by atoms with Crippen LogP contribution in [0.3, 0.4) is 0 Å². The average Bonchev–Trinajstić information content (AvgIpc) is 1.61. The maximum absolute atomic E-state index is 12.0. The summed E-state index contributed by atoms with van der Waals surface area (Å²) in [7, 11) is 0. The van der Waals surface area contributed by atoms with Crippen LogP contribution in [0.1, 0.15) is 0 Å². The zero-order valence-corrected chi connectivity index (χ0v) is 6.57. The Labute approximate surface area is 66.9 Å². The quantitative estimate of drug-likeness (QED) is 0.233. The average molecular weight is 238 g/mol. The molecule has 3 nitrogen and oxygen atoms in total. The molecule has 0 aromatic heterocycles. The molecule has 1 unspecified atom stereocenters. The fourth-order valence-corrected chi connectivity index (χ4v) is 0.230. The van der Waals surface area contributed by atoms with Gasteiger partial charge in [-0.2, -0.15) is 8.78 Å². The van der Waals surface area contributed by atoms with Crippen LogP contribution in [-0.4, -0.2) is 10.1 Å². The molecule has 10 heavy (non-hydrogen) atoms. The molecule has 0 aromatic rings. The molecule has 0 aliphatic rings. The van der Waals surface area contributed by atoms with Crippen LogP contribution < -0.4 is 0 Å². The number of halogens is 5. The lowest BCUT2D eigenvalue weighted by Gasteiger charge is -2.16. The third-order valence-electron chi connectivity index (χ3n) is 0.511. The molecule has 0 amide bonds. The van der Waals surface area contributed by atoms with Gasteiger partial charge in [-0.3, -0.25) is 0 Å². The third kappa shape index (κ3) is 2.24. The van der Waals surface area contributed by atoms with Crippen LogP contribution in [0.15, 0.2) is 5.11 Å². The van der Waals surface area contributed by atoms with E-state index in [2.05, 4.69) is 11.6 Å². The summed E-state index contributed by atoms with van der Waals surface area (Å²) in [5, 5.41) is 1.82. The standard InChI is InChI=1S/C2BrClF3N3/c3-1(4,5)2(6,7)9-10-8. The first-order valence-electron chi connectivity index (χ1n) is 1.82. The summed E-state index contributed by atoms with van der Waals surface area (Å²) >= 11 is 6.22. The molecule has 58 valence electrons. The first-order chi connectivity index (χ1) is 4.31. The first-order valence-corrected chi connectivity index (χ1v) is 2.99. The molecule has 0 fully saturated rings. The maximum Gasteiger partial charge on any atom is 0.382 e. The second-order valence-electron chi connectivity index (χ2n) is 1.23. The van der Waals surface area contributed by atoms with Crippen LogP contribution in [0.25, 0.3) is 10.4 Å². The first kappa shape index (κ1) is 9.87. The summed E-state index contributed by atoms with van der Waals surface area (Å²) in [6, 6.07) is -4.29. The van der Waals surface area contributed by atoms with Gasteiger partial charge in [0.05, 0.1) is 0 Å². The van der Waals surface area contributed by atoms with Crippen LogP contribution in [0.5, 0.6) is 0 Å². The lowest BCUT2D eigenvalue weighted by Crippen LogP contribution is -2.30. The fraction of sp³-hybridized carbons (Fsp3) is 1.00. The summed E-state index contributed by atoms with van der Waals surface area (Å²) in [6.45, 7) is 0. The Morgan fingerprint density at radius 3 is 2.00 bits per heavy atom. The van der Waals surface area contributed by atoms with Crippen molar-refractivity contribution < 1.29 is 13.2 Å². The number of rotatable bonds is 2. The zero-order valence-electron chi connectivity index (χ0n) is 4.23. The number of azide groups is 1. The highest BCUT2D eigenvalue weighted by atomic mass is 79.9. The summed E-state index contributed by atoms with van der Waals surface area (Å²) in [4.78, 5) is 1.69. The van der Waals surface area contributed by atoms with Crippen molar-refractivity contribution in [3.63, 3.8) is 0 Å². The van der Waals surface area contributed by atoms with Crippen molar-refractivity contribution in [3.05, 3.63) is 10.4 Å². The molecule has 0 saturated carbocycles. The minimum absolute atomic E-state index is 1.69. The highest BCUT2D eigenvalue weighted by molar-refractivity contribution is 9.10. The number of nitrogens with zero attached hydrogens (tertiary/aromatic N) is 3. The molecule has 1 atom stereocenters. The smallest absolute Gasteiger partial charge is 0.206 e. The van der Waals surface area contributed by atoms with E-state index in [1.54, 1.807) is 20.8 Å². The van der Waals surface area contributed by atoms with E-state index in [1.807, 2.05) is 5.11 Å². The van der Waals surface area contributed by atoms with E-state index in [0.29, 0.717) is 0 Å². The van der Waals surface area contributed by atoms with Gasteiger partial charge in [0.15, 0.2) is 0 Å². The minimum Gasteiger partial charge on any atom is -0.206 e. The van der Waals surface area contributed by atoms with E-state index in [4.69, 9.17) is 5.53 Å². The normalized spacial score (nSPS) is 17.3. The van der Waals surface area contributed by atoms with Gasteiger partial charge >= 0.3 is 10.1 Å². The predicted octanol–water partition coefficient (Wildman–Crippen LogP) is 3.15. The van der Waals surface area contributed by atoms with E-state index < -0.39 is 10.1 Å². The number of hydrogen-bond acceptors (Lipinski definition) is 1. The molecule has 0 bridgehead atoms. The minimum atomic E-state index is -4.29. The van der Waals surface area contributed by atoms with Gasteiger partial charge < -0.3 is 0 Å². The zero-order chi connectivity index (χ0) is 8.41. The van der Waals surface area contributed by atoms with Crippen molar-refractivity contribution >= 4 is 27.5 Å². The molecule has 0 N–H and O–H groups in total. The Morgan fingerprint density at radius 2 is 1.90 bits per heavy atom. The van der Waals surface area contributed by atoms with E-state index >= 15 is 0 Å². The van der Waals surface area contributed by atoms with Crippen LogP contribution >= 0.6 is 27.5 Å². The van der Waals surface area contributed by atoms with E-state index in [-0.39, 0.29) is 0 Å². The van der Waals surface area contributed by atoms with Crippen molar-refractivity contribution in [1.29, 1.82) is 0 Å². The molecule has 0 aliphatic carbocycles. The Kier molecular flexibility index (Phi) is 2.82. The Morgan fingerprint density at radius 1 is 1.50 bits per heavy atom. The van der Waals surface area contributed by atoms with Crippen LogP contribution in [0.2, 0.25) is 0 Å². The van der Waals surface area contributed by atoms with Gasteiger partial charge in [0.1, 0.15) is 0 Å². The monoisotopic (exact) mass is 237 g/mol. The van der Waals surface area contributed by atoms with Crippen LogP contribution in [0.4, 0.5) is 13.2 Å². The third-order valence-corrected chi connectivity index (χ3v) is 1.22. The highest BCUT2D eigenvalue weighted by Gasteiger charge is 2.51. The van der Waals surface area contributed by atoms with Gasteiger partial charge in [0, 0.05) is 4.91 Å². The molecule has 0 saturated heterocycles. The van der Waals surface area contributed by atoms with Crippen LogP contribution in [0, 0.1) is 0 Å². The van der Waals surface area contributed by atoms with Gasteiger partial charge in [0.25, 0.3) is 0 Å². The lowest BCUT2D eigenvalue weighted by molar-refractivity contribution is -0.0450. The topological polar surface area (TPSA) is 48.8 Å². The molecule has 0 aromatic carbocycles. The largest absolute Gasteiger partial charge is 0.382 e. The summed E-state index contributed by atoms with van der Waals surface area (Å²) in [6.07, 6.45) is 0. The molecule has 0 spiro atoms. The van der Waals surface area contributed by atoms with Crippen molar-refractivity contribution in [2.75, 3.05) is 0 Å². The van der Waals surface area contributed by atoms with Gasteiger partial charge in [-0.25, -0.2) is 4.39 Å². The summed E-state index contributed by atoms with van der Waals surface area (Å²) in [5.74, 6) is 0. The van der Waals surface area contributed by atoms with E-state index in [9.17, 15) is 13.2 Å². The Bertz CT molecular complexity index is 171. The summed E-state index contributed by atoms with van der Waals surface area (Å²) in [5.41, 5.74) is 7.50. The van der Waals surface area contributed by atoms with E-state index in [0.717, 1.165) is 0 Å². The van der Waals surface area contributed by atoms with Gasteiger partial charge in [-0.15, -0.1) is 0 Å². The van der Waals surface area contributed by atoms with Gasteiger partial charge in [0.2, 0.25) is 0 Å². The molecule has 0 rings (SSSR count). The van der Waals surface area contributed by atoms with Gasteiger partial charge in [-0.1, -0.05) is 11.6 Å². The molecular formula is C2BrClF3N3. The molecule has 0 heterocycles. The number of alkyl halides is 5. The van der Waals surface area contributed by atoms with Crippen molar-refractivity contribution in [2.45, 2.75) is 10.1 Å². The Hall–Kier alpha value is -0.130. The SMILES string of the molecule is [N-]=[N+]=NC(F)(F)C(F)(Cl)Br. The highest BCUT2D eigenvalue weighted by Crippen LogP contribution is 2.42. The van der Waals surface area contributed by atoms with Crippen molar-refractivity contribution in [1.82, 2.24) is 0 Å². The molecule has 0 radical (unpaired) electrons. The maximum atomic E-state index is 12.0. The molecule has 0 aliphatic heterocycles. The summed E-state index contributed by atoms with van der Waals surface area (Å²) < 4.78 is 32.4. The predicted molar refractivity (Wildman–Crippen MR) is 32.7 cm³/mol. The van der Waals surface area contributed by atoms with Gasteiger partial charge in [-0.05, 0) is 26.6 Å². The van der Waals surface area contributed by atoms with E-state index in [1.165, 1.54) is 0 Å². The molecular weight excluding hydrogens is 238 g/mol. The molecule has 8 heteroatoms. The second-order valence-corrected chi connectivity index (χ2v) is 3.30. The van der Waals surface area contributed by atoms with Crippen molar-refractivity contribution in [2.24, 2.45) is 5.11 Å². The lowest BCUT2D eigenvalue weighted by atomic mass is 10.6. The van der Waals surface area contributed by atoms with Crippen LogP contribution in [-0.2, 0) is 0 Å². The number of hydrogen-bond donors (Lipinski definition) is 0.